The highest BCUT2D eigenvalue weighted by Gasteiger charge is 2.16. The molecule has 0 spiro atoms. The molecule has 0 unspecified atom stereocenters. The lowest BCUT2D eigenvalue weighted by Crippen LogP contribution is -2.20. The highest BCUT2D eigenvalue weighted by atomic mass is 16.1. The van der Waals surface area contributed by atoms with E-state index in [1.165, 1.54) is 0 Å². The number of aromatic amines is 1. The summed E-state index contributed by atoms with van der Waals surface area (Å²) in [5.74, 6) is 0. The molecule has 0 aliphatic heterocycles. The minimum Gasteiger partial charge on any atom is -0.294 e. The lowest BCUT2D eigenvalue weighted by molar-refractivity contribution is 0.793. The zero-order valence-corrected chi connectivity index (χ0v) is 13.7. The van der Waals surface area contributed by atoms with Crippen LogP contribution >= 0.6 is 0 Å². The number of aryl methyl sites for hydroxylation is 1. The van der Waals surface area contributed by atoms with Crippen molar-refractivity contribution in [2.45, 2.75) is 46.5 Å². The van der Waals surface area contributed by atoms with Crippen molar-refractivity contribution in [3.8, 4) is 5.69 Å². The fourth-order valence-corrected chi connectivity index (χ4v) is 2.53. The number of hydrogen-bond acceptors (Lipinski definition) is 2. The smallest absolute Gasteiger partial charge is 0.280 e. The van der Waals surface area contributed by atoms with Crippen LogP contribution in [0.4, 0.5) is 0 Å². The number of aromatic nitrogens is 2. The molecule has 1 heterocycles. The Bertz CT molecular complexity index is 680. The maximum Gasteiger partial charge on any atom is 0.280 e. The van der Waals surface area contributed by atoms with E-state index < -0.39 is 0 Å². The normalized spacial score (nSPS) is 11.9. The van der Waals surface area contributed by atoms with Gasteiger partial charge in [0.2, 0.25) is 0 Å². The van der Waals surface area contributed by atoms with Crippen LogP contribution in [-0.4, -0.2) is 22.0 Å². The van der Waals surface area contributed by atoms with E-state index in [1.807, 2.05) is 37.3 Å². The Hall–Kier alpha value is -2.10. The van der Waals surface area contributed by atoms with E-state index in [0.717, 1.165) is 54.9 Å². The molecule has 1 aromatic carbocycles. The van der Waals surface area contributed by atoms with Gasteiger partial charge in [0.05, 0.1) is 11.3 Å². The molecule has 0 atom stereocenters. The number of rotatable bonds is 7. The molecule has 4 nitrogen and oxygen atoms in total. The number of nitrogens with zero attached hydrogens (tertiary/aromatic N) is 2. The van der Waals surface area contributed by atoms with E-state index in [4.69, 9.17) is 0 Å². The Balaban J connectivity index is 2.46. The van der Waals surface area contributed by atoms with Crippen molar-refractivity contribution in [2.75, 3.05) is 6.54 Å². The molecule has 4 heteroatoms. The molecule has 2 rings (SSSR count). The number of H-pyrrole nitrogens is 1. The molecule has 0 saturated carbocycles. The predicted molar refractivity (Wildman–Crippen MR) is 92.4 cm³/mol. The van der Waals surface area contributed by atoms with Crippen LogP contribution in [0, 0.1) is 0 Å². The van der Waals surface area contributed by atoms with Crippen LogP contribution in [0.5, 0.6) is 0 Å². The Labute approximate surface area is 131 Å². The van der Waals surface area contributed by atoms with Gasteiger partial charge in [-0.3, -0.25) is 14.9 Å². The van der Waals surface area contributed by atoms with Crippen LogP contribution in [0.2, 0.25) is 0 Å². The summed E-state index contributed by atoms with van der Waals surface area (Å²) in [7, 11) is 0. The first kappa shape index (κ1) is 16.3. The molecule has 0 saturated heterocycles. The van der Waals surface area contributed by atoms with Crippen molar-refractivity contribution in [2.24, 2.45) is 4.99 Å². The Morgan fingerprint density at radius 3 is 2.55 bits per heavy atom. The van der Waals surface area contributed by atoms with Gasteiger partial charge in [-0.25, -0.2) is 4.68 Å². The summed E-state index contributed by atoms with van der Waals surface area (Å²) in [6, 6.07) is 9.68. The van der Waals surface area contributed by atoms with Crippen LogP contribution in [0.3, 0.4) is 0 Å². The van der Waals surface area contributed by atoms with Crippen molar-refractivity contribution in [1.82, 2.24) is 9.78 Å². The fourth-order valence-electron chi connectivity index (χ4n) is 2.53. The van der Waals surface area contributed by atoms with Gasteiger partial charge in [0.15, 0.2) is 0 Å². The van der Waals surface area contributed by atoms with Gasteiger partial charge < -0.3 is 0 Å². The number of benzene rings is 1. The molecule has 2 aromatic rings. The summed E-state index contributed by atoms with van der Waals surface area (Å²) in [6.45, 7) is 6.98. The molecular formula is C18H25N3O. The SMILES string of the molecule is CCCCN=C(C)c1c(CCC)[nH]n(-c2ccccc2)c1=O. The molecule has 0 amide bonds. The molecular weight excluding hydrogens is 274 g/mol. The van der Waals surface area contributed by atoms with Gasteiger partial charge >= 0.3 is 0 Å². The molecule has 0 radical (unpaired) electrons. The van der Waals surface area contributed by atoms with E-state index >= 15 is 0 Å². The van der Waals surface area contributed by atoms with Gasteiger partial charge in [-0.2, -0.15) is 0 Å². The molecule has 0 aliphatic carbocycles. The number of aliphatic imine (C=N–C) groups is 1. The van der Waals surface area contributed by atoms with Gasteiger partial charge in [0.25, 0.3) is 5.56 Å². The Kier molecular flexibility index (Phi) is 5.75. The largest absolute Gasteiger partial charge is 0.294 e. The van der Waals surface area contributed by atoms with E-state index in [0.29, 0.717) is 0 Å². The summed E-state index contributed by atoms with van der Waals surface area (Å²) < 4.78 is 1.62. The molecule has 0 fully saturated rings. The highest BCUT2D eigenvalue weighted by molar-refractivity contribution is 5.99. The average Bonchev–Trinajstić information content (AvgIpc) is 2.85. The number of hydrogen-bond donors (Lipinski definition) is 1. The van der Waals surface area contributed by atoms with Crippen molar-refractivity contribution in [3.05, 3.63) is 51.9 Å². The van der Waals surface area contributed by atoms with E-state index in [1.54, 1.807) is 4.68 Å². The third-order valence-corrected chi connectivity index (χ3v) is 3.70. The van der Waals surface area contributed by atoms with Crippen LogP contribution in [-0.2, 0) is 6.42 Å². The van der Waals surface area contributed by atoms with Crippen molar-refractivity contribution in [3.63, 3.8) is 0 Å². The van der Waals surface area contributed by atoms with Crippen molar-refractivity contribution >= 4 is 5.71 Å². The van der Waals surface area contributed by atoms with Crippen LogP contribution in [0.25, 0.3) is 5.69 Å². The second kappa shape index (κ2) is 7.78. The van der Waals surface area contributed by atoms with Crippen LogP contribution in [0.15, 0.2) is 40.1 Å². The van der Waals surface area contributed by atoms with Gasteiger partial charge in [-0.1, -0.05) is 44.9 Å². The third kappa shape index (κ3) is 3.56. The summed E-state index contributed by atoms with van der Waals surface area (Å²) in [4.78, 5) is 17.4. The van der Waals surface area contributed by atoms with E-state index in [2.05, 4.69) is 23.9 Å². The van der Waals surface area contributed by atoms with Crippen molar-refractivity contribution < 1.29 is 0 Å². The maximum atomic E-state index is 12.8. The maximum absolute atomic E-state index is 12.8. The lowest BCUT2D eigenvalue weighted by atomic mass is 10.1. The van der Waals surface area contributed by atoms with Gasteiger partial charge in [-0.15, -0.1) is 0 Å². The van der Waals surface area contributed by atoms with E-state index in [-0.39, 0.29) is 5.56 Å². The topological polar surface area (TPSA) is 50.1 Å². The molecule has 118 valence electrons. The summed E-state index contributed by atoms with van der Waals surface area (Å²) in [6.07, 6.45) is 4.01. The Morgan fingerprint density at radius 2 is 1.91 bits per heavy atom. The molecule has 22 heavy (non-hydrogen) atoms. The van der Waals surface area contributed by atoms with Crippen molar-refractivity contribution in [1.29, 1.82) is 0 Å². The van der Waals surface area contributed by atoms with Crippen LogP contribution < -0.4 is 5.56 Å². The average molecular weight is 299 g/mol. The first-order valence-corrected chi connectivity index (χ1v) is 8.09. The third-order valence-electron chi connectivity index (χ3n) is 3.70. The molecule has 0 aliphatic rings. The summed E-state index contributed by atoms with van der Waals surface area (Å²) >= 11 is 0. The second-order valence-corrected chi connectivity index (χ2v) is 5.51. The van der Waals surface area contributed by atoms with E-state index in [9.17, 15) is 4.79 Å². The minimum absolute atomic E-state index is 0.00704. The number of nitrogens with one attached hydrogen (secondary N) is 1. The monoisotopic (exact) mass is 299 g/mol. The quantitative estimate of drug-likeness (QED) is 0.614. The van der Waals surface area contributed by atoms with Gasteiger partial charge in [0, 0.05) is 18.0 Å². The highest BCUT2D eigenvalue weighted by Crippen LogP contribution is 2.11. The number of para-hydroxylation sites is 1. The molecule has 1 aromatic heterocycles. The van der Waals surface area contributed by atoms with Gasteiger partial charge in [0.1, 0.15) is 0 Å². The fraction of sp³-hybridized carbons (Fsp3) is 0.444. The summed E-state index contributed by atoms with van der Waals surface area (Å²) in [5, 5.41) is 3.26. The second-order valence-electron chi connectivity index (χ2n) is 5.51. The molecule has 1 N–H and O–H groups in total. The lowest BCUT2D eigenvalue weighted by Gasteiger charge is -2.01. The van der Waals surface area contributed by atoms with Gasteiger partial charge in [-0.05, 0) is 31.9 Å². The van der Waals surface area contributed by atoms with Crippen LogP contribution in [0.1, 0.15) is 51.3 Å². The number of unbranched alkanes of at least 4 members (excludes halogenated alkanes) is 1. The predicted octanol–water partition coefficient (Wildman–Crippen LogP) is 3.73. The molecule has 0 bridgehead atoms. The Morgan fingerprint density at radius 1 is 1.18 bits per heavy atom. The zero-order chi connectivity index (χ0) is 15.9. The standard InChI is InChI=1S/C18H25N3O/c1-4-6-13-19-14(3)17-16(10-5-2)20-21(18(17)22)15-11-8-7-9-12-15/h7-9,11-12,20H,4-6,10,13H2,1-3H3. The summed E-state index contributed by atoms with van der Waals surface area (Å²) in [5.41, 5.74) is 3.41. The first-order valence-electron chi connectivity index (χ1n) is 8.09. The zero-order valence-electron chi connectivity index (χ0n) is 13.7. The first-order chi connectivity index (χ1) is 10.7. The minimum atomic E-state index is -0.00704.